The maximum atomic E-state index is 6.23. The Kier molecular flexibility index (Phi) is 4.08. The van der Waals surface area contributed by atoms with Gasteiger partial charge in [0.15, 0.2) is 0 Å². The van der Waals surface area contributed by atoms with Crippen LogP contribution in [0.5, 0.6) is 11.5 Å². The molecule has 0 fully saturated rings. The number of rotatable bonds is 1. The SMILES string of the molecule is C[Si@H]1c2ccccc2Cc2ccc(-c3ccc4c(c3)[Si@H](C)c3ccccc3O4)cc21. The van der Waals surface area contributed by atoms with Crippen molar-refractivity contribution in [2.24, 2.45) is 0 Å². The van der Waals surface area contributed by atoms with E-state index in [4.69, 9.17) is 4.74 Å². The average molecular weight is 421 g/mol. The van der Waals surface area contributed by atoms with E-state index in [1.165, 1.54) is 32.6 Å². The Morgan fingerprint density at radius 1 is 0.567 bits per heavy atom. The van der Waals surface area contributed by atoms with E-state index in [0.717, 1.165) is 17.9 Å². The quantitative estimate of drug-likeness (QED) is 0.429. The van der Waals surface area contributed by atoms with E-state index in [1.54, 1.807) is 10.4 Å². The molecule has 0 unspecified atom stereocenters. The standard InChI is InChI=1S/C27H24OSi2/c1-29-24-9-5-3-7-20(24)15-21-12-11-18(16-26(21)29)19-13-14-23-27(17-19)30(2)25-10-6-4-8-22(25)28-23/h3-14,16-17,29-30H,15H2,1-2H3/t29-,30+/m0/s1. The predicted molar refractivity (Wildman–Crippen MR) is 132 cm³/mol. The number of ether oxygens (including phenoxy) is 1. The van der Waals surface area contributed by atoms with Crippen LogP contribution in [0.1, 0.15) is 11.1 Å². The van der Waals surface area contributed by atoms with Crippen LogP contribution in [-0.2, 0) is 6.42 Å². The van der Waals surface area contributed by atoms with Crippen molar-refractivity contribution in [2.75, 3.05) is 0 Å². The van der Waals surface area contributed by atoms with Gasteiger partial charge in [0, 0.05) is 0 Å². The molecule has 0 saturated carbocycles. The number of para-hydroxylation sites is 1. The van der Waals surface area contributed by atoms with E-state index in [0.29, 0.717) is 0 Å². The molecule has 0 radical (unpaired) electrons. The molecule has 2 aliphatic heterocycles. The van der Waals surface area contributed by atoms with Gasteiger partial charge in [0.2, 0.25) is 0 Å². The zero-order valence-electron chi connectivity index (χ0n) is 17.4. The molecule has 146 valence electrons. The Morgan fingerprint density at radius 3 is 2.03 bits per heavy atom. The van der Waals surface area contributed by atoms with Gasteiger partial charge in [-0.15, -0.1) is 0 Å². The summed E-state index contributed by atoms with van der Waals surface area (Å²) in [5.74, 6) is 2.09. The summed E-state index contributed by atoms with van der Waals surface area (Å²) in [4.78, 5) is 0. The van der Waals surface area contributed by atoms with Crippen molar-refractivity contribution in [1.82, 2.24) is 0 Å². The Balaban J connectivity index is 1.41. The molecule has 0 bridgehead atoms. The van der Waals surface area contributed by atoms with Crippen molar-refractivity contribution < 1.29 is 4.74 Å². The summed E-state index contributed by atoms with van der Waals surface area (Å²) in [6.07, 6.45) is 1.07. The predicted octanol–water partition coefficient (Wildman–Crippen LogP) is 3.31. The Labute approximate surface area is 181 Å². The van der Waals surface area contributed by atoms with Gasteiger partial charge >= 0.3 is 0 Å². The first-order valence-corrected chi connectivity index (χ1v) is 15.4. The monoisotopic (exact) mass is 420 g/mol. The van der Waals surface area contributed by atoms with E-state index < -0.39 is 17.6 Å². The van der Waals surface area contributed by atoms with Crippen molar-refractivity contribution >= 4 is 38.3 Å². The first-order chi connectivity index (χ1) is 14.7. The minimum Gasteiger partial charge on any atom is -0.458 e. The van der Waals surface area contributed by atoms with Crippen LogP contribution in [0, 0.1) is 0 Å². The zero-order chi connectivity index (χ0) is 20.2. The second-order valence-electron chi connectivity index (χ2n) is 8.63. The average Bonchev–Trinajstić information content (AvgIpc) is 2.79. The van der Waals surface area contributed by atoms with Crippen LogP contribution in [-0.4, -0.2) is 17.6 Å². The summed E-state index contributed by atoms with van der Waals surface area (Å²) in [6.45, 7) is 4.90. The minimum atomic E-state index is -1.24. The lowest BCUT2D eigenvalue weighted by Crippen LogP contribution is -2.46. The van der Waals surface area contributed by atoms with Crippen LogP contribution in [0.15, 0.2) is 84.9 Å². The smallest absolute Gasteiger partial charge is 0.126 e. The first-order valence-electron chi connectivity index (χ1n) is 10.8. The Bertz CT molecular complexity index is 1190. The van der Waals surface area contributed by atoms with Crippen molar-refractivity contribution in [3.63, 3.8) is 0 Å². The molecule has 0 amide bonds. The van der Waals surface area contributed by atoms with Gasteiger partial charge in [-0.1, -0.05) is 96.3 Å². The Morgan fingerprint density at radius 2 is 1.17 bits per heavy atom. The highest BCUT2D eigenvalue weighted by Gasteiger charge is 2.26. The molecule has 0 N–H and O–H groups in total. The van der Waals surface area contributed by atoms with Gasteiger partial charge in [-0.05, 0) is 51.2 Å². The third-order valence-corrected chi connectivity index (χ3v) is 12.7. The molecule has 4 aromatic rings. The molecular weight excluding hydrogens is 396 g/mol. The van der Waals surface area contributed by atoms with E-state index in [1.807, 2.05) is 0 Å². The molecule has 4 aromatic carbocycles. The molecule has 2 heterocycles. The fourth-order valence-corrected chi connectivity index (χ4v) is 10.2. The molecule has 30 heavy (non-hydrogen) atoms. The summed E-state index contributed by atoms with van der Waals surface area (Å²) in [6, 6.07) is 31.6. The summed E-state index contributed by atoms with van der Waals surface area (Å²) < 4.78 is 6.23. The van der Waals surface area contributed by atoms with Crippen LogP contribution in [0.3, 0.4) is 0 Å². The van der Waals surface area contributed by atoms with E-state index in [9.17, 15) is 0 Å². The number of hydrogen-bond donors (Lipinski definition) is 0. The van der Waals surface area contributed by atoms with Crippen molar-refractivity contribution in [2.45, 2.75) is 19.5 Å². The van der Waals surface area contributed by atoms with Crippen molar-refractivity contribution in [3.05, 3.63) is 96.1 Å². The maximum Gasteiger partial charge on any atom is 0.126 e. The first kappa shape index (κ1) is 17.9. The summed E-state index contributed by atoms with van der Waals surface area (Å²) in [5.41, 5.74) is 5.71. The summed E-state index contributed by atoms with van der Waals surface area (Å²) >= 11 is 0. The van der Waals surface area contributed by atoms with Gasteiger partial charge in [0.1, 0.15) is 29.1 Å². The number of hydrogen-bond acceptors (Lipinski definition) is 1. The van der Waals surface area contributed by atoms with Gasteiger partial charge in [-0.25, -0.2) is 0 Å². The van der Waals surface area contributed by atoms with Gasteiger partial charge in [0.25, 0.3) is 0 Å². The maximum absolute atomic E-state index is 6.23. The molecule has 2 aliphatic rings. The van der Waals surface area contributed by atoms with E-state index >= 15 is 0 Å². The molecule has 0 spiro atoms. The fraction of sp³-hybridized carbons (Fsp3) is 0.111. The van der Waals surface area contributed by atoms with Gasteiger partial charge in [-0.2, -0.15) is 0 Å². The largest absolute Gasteiger partial charge is 0.458 e. The highest BCUT2D eigenvalue weighted by Crippen LogP contribution is 2.28. The van der Waals surface area contributed by atoms with Crippen LogP contribution in [0.4, 0.5) is 0 Å². The van der Waals surface area contributed by atoms with Gasteiger partial charge < -0.3 is 4.74 Å². The lowest BCUT2D eigenvalue weighted by Gasteiger charge is -2.27. The molecule has 2 atom stereocenters. The Hall–Kier alpha value is -2.89. The molecule has 1 nitrogen and oxygen atoms in total. The highest BCUT2D eigenvalue weighted by molar-refractivity contribution is 6.86. The normalized spacial score (nSPS) is 18.5. The zero-order valence-corrected chi connectivity index (χ0v) is 19.7. The minimum absolute atomic E-state index is 1.05. The van der Waals surface area contributed by atoms with Crippen LogP contribution >= 0.6 is 0 Å². The molecular formula is C27H24OSi2. The third-order valence-electron chi connectivity index (χ3n) is 6.93. The third kappa shape index (κ3) is 2.73. The summed E-state index contributed by atoms with van der Waals surface area (Å²) in [7, 11) is -2.38. The second-order valence-corrected chi connectivity index (χ2v) is 14.0. The van der Waals surface area contributed by atoms with Crippen LogP contribution in [0.25, 0.3) is 11.1 Å². The van der Waals surface area contributed by atoms with E-state index in [2.05, 4.69) is 98.0 Å². The lowest BCUT2D eigenvalue weighted by molar-refractivity contribution is 0.487. The number of benzene rings is 4. The van der Waals surface area contributed by atoms with Gasteiger partial charge in [-0.3, -0.25) is 0 Å². The summed E-state index contributed by atoms with van der Waals surface area (Å²) in [5, 5.41) is 6.04. The lowest BCUT2D eigenvalue weighted by atomic mass is 9.99. The van der Waals surface area contributed by atoms with Gasteiger partial charge in [0.05, 0.1) is 0 Å². The molecule has 0 aliphatic carbocycles. The fourth-order valence-electron chi connectivity index (χ4n) is 5.21. The van der Waals surface area contributed by atoms with Crippen molar-refractivity contribution in [3.8, 4) is 22.6 Å². The molecule has 3 heteroatoms. The molecule has 0 saturated heterocycles. The van der Waals surface area contributed by atoms with Crippen molar-refractivity contribution in [1.29, 1.82) is 0 Å². The second kappa shape index (κ2) is 6.83. The van der Waals surface area contributed by atoms with Crippen LogP contribution < -0.4 is 25.5 Å². The van der Waals surface area contributed by atoms with Crippen LogP contribution in [0.2, 0.25) is 13.1 Å². The number of fused-ring (bicyclic) bond motifs is 4. The molecule has 6 rings (SSSR count). The highest BCUT2D eigenvalue weighted by atomic mass is 28.3. The molecule has 0 aromatic heterocycles. The van der Waals surface area contributed by atoms with E-state index in [-0.39, 0.29) is 0 Å². The topological polar surface area (TPSA) is 9.23 Å².